The number of carbonyl (C=O) groups is 2. The topological polar surface area (TPSA) is 101 Å². The van der Waals surface area contributed by atoms with Crippen LogP contribution in [0.3, 0.4) is 0 Å². The smallest absolute Gasteiger partial charge is 0.308 e. The van der Waals surface area contributed by atoms with Gasteiger partial charge in [-0.2, -0.15) is 0 Å². The Morgan fingerprint density at radius 2 is 2.18 bits per heavy atom. The first-order valence-electron chi connectivity index (χ1n) is 6.76. The number of rotatable bonds is 4. The number of carbonyl (C=O) groups excluding carboxylic acids is 1. The first kappa shape index (κ1) is 16.4. The van der Waals surface area contributed by atoms with Gasteiger partial charge in [0.25, 0.3) is 5.69 Å². The maximum absolute atomic E-state index is 12.3. The van der Waals surface area contributed by atoms with E-state index in [0.29, 0.717) is 23.0 Å². The highest BCUT2D eigenvalue weighted by Crippen LogP contribution is 2.27. The van der Waals surface area contributed by atoms with E-state index in [2.05, 4.69) is 15.9 Å². The van der Waals surface area contributed by atoms with Crippen LogP contribution in [0.4, 0.5) is 5.69 Å². The zero-order chi connectivity index (χ0) is 16.4. The highest BCUT2D eigenvalue weighted by atomic mass is 79.9. The molecule has 1 amide bonds. The van der Waals surface area contributed by atoms with Crippen molar-refractivity contribution < 1.29 is 19.6 Å². The van der Waals surface area contributed by atoms with Crippen molar-refractivity contribution in [2.75, 3.05) is 6.54 Å². The predicted octanol–water partition coefficient (Wildman–Crippen LogP) is 2.22. The lowest BCUT2D eigenvalue weighted by Crippen LogP contribution is -2.38. The van der Waals surface area contributed by atoms with E-state index in [1.165, 1.54) is 18.2 Å². The summed E-state index contributed by atoms with van der Waals surface area (Å²) in [6, 6.07) is 3.90. The molecule has 1 aliphatic rings. The van der Waals surface area contributed by atoms with Gasteiger partial charge in [0.2, 0.25) is 5.91 Å². The molecule has 1 aliphatic heterocycles. The Kier molecular flexibility index (Phi) is 4.80. The summed E-state index contributed by atoms with van der Waals surface area (Å²) in [5.74, 6) is -1.60. The van der Waals surface area contributed by atoms with E-state index < -0.39 is 16.8 Å². The molecule has 7 nitrogen and oxygen atoms in total. The van der Waals surface area contributed by atoms with E-state index in [1.54, 1.807) is 11.8 Å². The second kappa shape index (κ2) is 6.43. The minimum Gasteiger partial charge on any atom is -0.481 e. The van der Waals surface area contributed by atoms with Gasteiger partial charge >= 0.3 is 5.97 Å². The van der Waals surface area contributed by atoms with E-state index in [4.69, 9.17) is 5.11 Å². The quantitative estimate of drug-likeness (QED) is 0.646. The summed E-state index contributed by atoms with van der Waals surface area (Å²) in [6.45, 7) is 2.15. The molecule has 0 saturated carbocycles. The first-order chi connectivity index (χ1) is 10.3. The fourth-order valence-electron chi connectivity index (χ4n) is 2.68. The lowest BCUT2D eigenvalue weighted by molar-refractivity contribution is -0.384. The van der Waals surface area contributed by atoms with Crippen molar-refractivity contribution in [3.05, 3.63) is 38.3 Å². The molecule has 2 rings (SSSR count). The van der Waals surface area contributed by atoms with Crippen LogP contribution in [0.1, 0.15) is 18.9 Å². The third-order valence-electron chi connectivity index (χ3n) is 3.98. The van der Waals surface area contributed by atoms with E-state index in [-0.39, 0.29) is 24.1 Å². The Labute approximate surface area is 135 Å². The van der Waals surface area contributed by atoms with Crippen LogP contribution in [0, 0.1) is 16.0 Å². The lowest BCUT2D eigenvalue weighted by Gasteiger charge is -2.23. The minimum atomic E-state index is -0.890. The highest BCUT2D eigenvalue weighted by Gasteiger charge is 2.37. The maximum Gasteiger partial charge on any atom is 0.308 e. The SMILES string of the molecule is CC1C(C(=O)O)CCN1C(=O)Cc1ccc([N+](=O)[O-])cc1Br. The van der Waals surface area contributed by atoms with Crippen LogP contribution in [0.25, 0.3) is 0 Å². The van der Waals surface area contributed by atoms with Crippen molar-refractivity contribution in [2.45, 2.75) is 25.8 Å². The van der Waals surface area contributed by atoms with Gasteiger partial charge in [0, 0.05) is 29.2 Å². The Balaban J connectivity index is 2.10. The first-order valence-corrected chi connectivity index (χ1v) is 7.55. The molecule has 1 saturated heterocycles. The fourth-order valence-corrected chi connectivity index (χ4v) is 3.19. The van der Waals surface area contributed by atoms with Gasteiger partial charge in [0.05, 0.1) is 17.3 Å². The zero-order valence-corrected chi connectivity index (χ0v) is 13.4. The molecule has 1 aromatic carbocycles. The van der Waals surface area contributed by atoms with Gasteiger partial charge in [-0.15, -0.1) is 0 Å². The Morgan fingerprint density at radius 1 is 1.50 bits per heavy atom. The number of carboxylic acid groups (broad SMARTS) is 1. The Hall–Kier alpha value is -1.96. The van der Waals surface area contributed by atoms with Gasteiger partial charge in [-0.1, -0.05) is 22.0 Å². The number of halogens is 1. The van der Waals surface area contributed by atoms with Gasteiger partial charge < -0.3 is 10.0 Å². The van der Waals surface area contributed by atoms with Crippen LogP contribution in [-0.4, -0.2) is 39.4 Å². The molecule has 0 aromatic heterocycles. The molecule has 1 N–H and O–H groups in total. The monoisotopic (exact) mass is 370 g/mol. The number of amides is 1. The zero-order valence-electron chi connectivity index (χ0n) is 11.9. The molecule has 1 fully saturated rings. The van der Waals surface area contributed by atoms with Crippen molar-refractivity contribution in [1.82, 2.24) is 4.90 Å². The number of hydrogen-bond donors (Lipinski definition) is 1. The van der Waals surface area contributed by atoms with Crippen LogP contribution < -0.4 is 0 Å². The number of carboxylic acids is 1. The predicted molar refractivity (Wildman–Crippen MR) is 81.4 cm³/mol. The highest BCUT2D eigenvalue weighted by molar-refractivity contribution is 9.10. The average molecular weight is 371 g/mol. The van der Waals surface area contributed by atoms with Crippen molar-refractivity contribution in [3.8, 4) is 0 Å². The molecular formula is C14H15BrN2O5. The number of benzene rings is 1. The van der Waals surface area contributed by atoms with Crippen LogP contribution in [0.15, 0.2) is 22.7 Å². The summed E-state index contributed by atoms with van der Waals surface area (Å²) in [5.41, 5.74) is 0.588. The van der Waals surface area contributed by atoms with Gasteiger partial charge in [0.1, 0.15) is 0 Å². The number of aliphatic carboxylic acids is 1. The van der Waals surface area contributed by atoms with Crippen LogP contribution in [-0.2, 0) is 16.0 Å². The summed E-state index contributed by atoms with van der Waals surface area (Å²) in [7, 11) is 0. The molecule has 1 heterocycles. The van der Waals surface area contributed by atoms with Gasteiger partial charge in [0.15, 0.2) is 0 Å². The molecule has 0 bridgehead atoms. The van der Waals surface area contributed by atoms with Gasteiger partial charge in [-0.3, -0.25) is 19.7 Å². The lowest BCUT2D eigenvalue weighted by atomic mass is 10.0. The maximum atomic E-state index is 12.3. The number of likely N-dealkylation sites (tertiary alicyclic amines) is 1. The Morgan fingerprint density at radius 3 is 2.68 bits per heavy atom. The molecular weight excluding hydrogens is 356 g/mol. The largest absolute Gasteiger partial charge is 0.481 e. The summed E-state index contributed by atoms with van der Waals surface area (Å²) in [4.78, 5) is 35.2. The van der Waals surface area contributed by atoms with E-state index in [0.717, 1.165) is 0 Å². The molecule has 0 radical (unpaired) electrons. The van der Waals surface area contributed by atoms with Gasteiger partial charge in [-0.25, -0.2) is 0 Å². The second-order valence-electron chi connectivity index (χ2n) is 5.27. The van der Waals surface area contributed by atoms with Crippen molar-refractivity contribution in [2.24, 2.45) is 5.92 Å². The minimum absolute atomic E-state index is 0.0523. The number of hydrogen-bond acceptors (Lipinski definition) is 4. The summed E-state index contributed by atoms with van der Waals surface area (Å²) >= 11 is 3.23. The molecule has 0 spiro atoms. The third-order valence-corrected chi connectivity index (χ3v) is 4.72. The molecule has 2 unspecified atom stereocenters. The normalized spacial score (nSPS) is 20.9. The number of nitro groups is 1. The van der Waals surface area contributed by atoms with Crippen molar-refractivity contribution in [3.63, 3.8) is 0 Å². The summed E-state index contributed by atoms with van der Waals surface area (Å²) in [6.07, 6.45) is 0.527. The van der Waals surface area contributed by atoms with Crippen molar-refractivity contribution >= 4 is 33.5 Å². The number of nitro benzene ring substituents is 1. The van der Waals surface area contributed by atoms with E-state index >= 15 is 0 Å². The summed E-state index contributed by atoms with van der Waals surface area (Å²) < 4.78 is 0.497. The van der Waals surface area contributed by atoms with Crippen molar-refractivity contribution in [1.29, 1.82) is 0 Å². The standard InChI is InChI=1S/C14H15BrN2O5/c1-8-11(14(19)20)4-5-16(8)13(18)6-9-2-3-10(17(21)22)7-12(9)15/h2-3,7-8,11H,4-6H2,1H3,(H,19,20). The fraction of sp³-hybridized carbons (Fsp3) is 0.429. The number of nitrogens with zero attached hydrogens (tertiary/aromatic N) is 2. The Bertz CT molecular complexity index is 634. The van der Waals surface area contributed by atoms with Crippen LogP contribution >= 0.6 is 15.9 Å². The molecule has 0 aliphatic carbocycles. The third kappa shape index (κ3) is 3.27. The number of non-ortho nitro benzene ring substituents is 1. The molecule has 8 heteroatoms. The molecule has 1 aromatic rings. The summed E-state index contributed by atoms with van der Waals surface area (Å²) in [5, 5.41) is 19.8. The molecule has 2 atom stereocenters. The molecule has 118 valence electrons. The van der Waals surface area contributed by atoms with E-state index in [1.807, 2.05) is 0 Å². The van der Waals surface area contributed by atoms with E-state index in [9.17, 15) is 19.7 Å². The molecule has 22 heavy (non-hydrogen) atoms. The average Bonchev–Trinajstić information content (AvgIpc) is 2.82. The van der Waals surface area contributed by atoms with Gasteiger partial charge in [-0.05, 0) is 18.9 Å². The van der Waals surface area contributed by atoms with Crippen LogP contribution in [0.5, 0.6) is 0 Å². The van der Waals surface area contributed by atoms with Crippen LogP contribution in [0.2, 0.25) is 0 Å². The second-order valence-corrected chi connectivity index (χ2v) is 6.13.